The van der Waals surface area contributed by atoms with Crippen molar-refractivity contribution in [3.63, 3.8) is 0 Å². The molecular formula is C9H12N4S. The van der Waals surface area contributed by atoms with Crippen molar-refractivity contribution in [2.24, 2.45) is 5.73 Å². The molecule has 0 aliphatic carbocycles. The summed E-state index contributed by atoms with van der Waals surface area (Å²) in [5.74, 6) is 0. The van der Waals surface area contributed by atoms with E-state index in [-0.39, 0.29) is 0 Å². The van der Waals surface area contributed by atoms with Gasteiger partial charge in [0.05, 0.1) is 11.4 Å². The second kappa shape index (κ2) is 3.51. The van der Waals surface area contributed by atoms with Gasteiger partial charge >= 0.3 is 0 Å². The molecular weight excluding hydrogens is 196 g/mol. The summed E-state index contributed by atoms with van der Waals surface area (Å²) >= 11 is 1.56. The lowest BCUT2D eigenvalue weighted by molar-refractivity contribution is 0.816. The summed E-state index contributed by atoms with van der Waals surface area (Å²) in [6, 6.07) is 2.03. The van der Waals surface area contributed by atoms with Crippen molar-refractivity contribution in [1.82, 2.24) is 14.8 Å². The minimum Gasteiger partial charge on any atom is -0.325 e. The Bertz CT molecular complexity index is 443. The number of hydrogen-bond donors (Lipinski definition) is 1. The van der Waals surface area contributed by atoms with E-state index in [1.165, 1.54) is 0 Å². The molecule has 4 nitrogen and oxygen atoms in total. The van der Waals surface area contributed by atoms with Gasteiger partial charge < -0.3 is 5.73 Å². The van der Waals surface area contributed by atoms with E-state index in [1.54, 1.807) is 11.3 Å². The van der Waals surface area contributed by atoms with Crippen molar-refractivity contribution in [3.8, 4) is 5.13 Å². The van der Waals surface area contributed by atoms with Gasteiger partial charge in [0.1, 0.15) is 0 Å². The maximum atomic E-state index is 5.50. The first kappa shape index (κ1) is 9.36. The van der Waals surface area contributed by atoms with Crippen molar-refractivity contribution >= 4 is 11.3 Å². The number of nitrogens with two attached hydrogens (primary N) is 1. The predicted octanol–water partition coefficient (Wildman–Crippen LogP) is 1.40. The fraction of sp³-hybridized carbons (Fsp3) is 0.333. The topological polar surface area (TPSA) is 56.7 Å². The normalized spacial score (nSPS) is 10.8. The zero-order valence-corrected chi connectivity index (χ0v) is 9.01. The summed E-state index contributed by atoms with van der Waals surface area (Å²) in [5, 5.41) is 7.20. The van der Waals surface area contributed by atoms with Gasteiger partial charge in [-0.2, -0.15) is 5.10 Å². The van der Waals surface area contributed by atoms with Crippen LogP contribution in [0.4, 0.5) is 0 Å². The highest BCUT2D eigenvalue weighted by Crippen LogP contribution is 2.16. The predicted molar refractivity (Wildman–Crippen MR) is 56.6 cm³/mol. The Morgan fingerprint density at radius 2 is 2.29 bits per heavy atom. The van der Waals surface area contributed by atoms with Gasteiger partial charge in [0.25, 0.3) is 0 Å². The zero-order valence-electron chi connectivity index (χ0n) is 8.19. The molecule has 0 bridgehead atoms. The standard InChI is InChI=1S/C9H12N4S/c1-6-3-7(2)13(12-6)9-11-8(4-10)5-14-9/h3,5H,4,10H2,1-2H3. The van der Waals surface area contributed by atoms with Crippen LogP contribution in [0.5, 0.6) is 0 Å². The number of rotatable bonds is 2. The minimum atomic E-state index is 0.482. The van der Waals surface area contributed by atoms with E-state index in [0.717, 1.165) is 22.2 Å². The first-order valence-corrected chi connectivity index (χ1v) is 5.27. The molecule has 0 atom stereocenters. The molecule has 5 heteroatoms. The van der Waals surface area contributed by atoms with Crippen LogP contribution in [0.3, 0.4) is 0 Å². The lowest BCUT2D eigenvalue weighted by atomic mass is 10.4. The van der Waals surface area contributed by atoms with E-state index in [2.05, 4.69) is 10.1 Å². The van der Waals surface area contributed by atoms with E-state index in [4.69, 9.17) is 5.73 Å². The van der Waals surface area contributed by atoms with Crippen LogP contribution in [0.25, 0.3) is 5.13 Å². The number of nitrogens with zero attached hydrogens (tertiary/aromatic N) is 3. The number of aryl methyl sites for hydroxylation is 2. The van der Waals surface area contributed by atoms with Gasteiger partial charge in [-0.3, -0.25) is 0 Å². The fourth-order valence-electron chi connectivity index (χ4n) is 1.31. The first-order valence-electron chi connectivity index (χ1n) is 4.39. The average molecular weight is 208 g/mol. The monoisotopic (exact) mass is 208 g/mol. The molecule has 0 radical (unpaired) electrons. The molecule has 0 aromatic carbocycles. The average Bonchev–Trinajstić information content (AvgIpc) is 2.71. The number of aromatic nitrogens is 3. The first-order chi connectivity index (χ1) is 6.70. The number of thiazole rings is 1. The van der Waals surface area contributed by atoms with Crippen LogP contribution in [-0.2, 0) is 6.54 Å². The van der Waals surface area contributed by atoms with E-state index in [1.807, 2.05) is 30.0 Å². The summed E-state index contributed by atoms with van der Waals surface area (Å²) in [6.45, 7) is 4.47. The molecule has 2 N–H and O–H groups in total. The van der Waals surface area contributed by atoms with E-state index in [9.17, 15) is 0 Å². The third-order valence-corrected chi connectivity index (χ3v) is 2.80. The van der Waals surface area contributed by atoms with Crippen LogP contribution in [0.2, 0.25) is 0 Å². The van der Waals surface area contributed by atoms with Crippen LogP contribution in [0, 0.1) is 13.8 Å². The highest BCUT2D eigenvalue weighted by atomic mass is 32.1. The van der Waals surface area contributed by atoms with Crippen LogP contribution in [-0.4, -0.2) is 14.8 Å². The second-order valence-electron chi connectivity index (χ2n) is 3.16. The molecule has 2 aromatic rings. The lowest BCUT2D eigenvalue weighted by Gasteiger charge is -1.96. The molecule has 2 heterocycles. The zero-order chi connectivity index (χ0) is 10.1. The molecule has 0 saturated carbocycles. The summed E-state index contributed by atoms with van der Waals surface area (Å²) in [7, 11) is 0. The van der Waals surface area contributed by atoms with Gasteiger partial charge in [0.15, 0.2) is 0 Å². The van der Waals surface area contributed by atoms with Gasteiger partial charge in [-0.1, -0.05) is 0 Å². The highest BCUT2D eigenvalue weighted by molar-refractivity contribution is 7.12. The Kier molecular flexibility index (Phi) is 2.35. The van der Waals surface area contributed by atoms with E-state index in [0.29, 0.717) is 6.54 Å². The molecule has 0 aliphatic heterocycles. The maximum absolute atomic E-state index is 5.50. The minimum absolute atomic E-state index is 0.482. The van der Waals surface area contributed by atoms with Gasteiger partial charge in [-0.05, 0) is 19.9 Å². The fourth-order valence-corrected chi connectivity index (χ4v) is 2.15. The molecule has 74 valence electrons. The SMILES string of the molecule is Cc1cc(C)n(-c2nc(CN)cs2)n1. The molecule has 0 aliphatic rings. The Labute approximate surface area is 86.4 Å². The molecule has 0 amide bonds. The Balaban J connectivity index is 2.43. The molecule has 14 heavy (non-hydrogen) atoms. The van der Waals surface area contributed by atoms with Crippen LogP contribution < -0.4 is 5.73 Å². The van der Waals surface area contributed by atoms with Crippen molar-refractivity contribution < 1.29 is 0 Å². The summed E-state index contributed by atoms with van der Waals surface area (Å²) in [6.07, 6.45) is 0. The second-order valence-corrected chi connectivity index (χ2v) is 4.00. The van der Waals surface area contributed by atoms with E-state index >= 15 is 0 Å². The largest absolute Gasteiger partial charge is 0.325 e. The van der Waals surface area contributed by atoms with Crippen LogP contribution in [0.15, 0.2) is 11.4 Å². The highest BCUT2D eigenvalue weighted by Gasteiger charge is 2.07. The Morgan fingerprint density at radius 1 is 1.50 bits per heavy atom. The molecule has 0 unspecified atom stereocenters. The summed E-state index contributed by atoms with van der Waals surface area (Å²) in [5.41, 5.74) is 8.52. The molecule has 0 fully saturated rings. The van der Waals surface area contributed by atoms with Crippen LogP contribution in [0.1, 0.15) is 17.1 Å². The van der Waals surface area contributed by atoms with Crippen molar-refractivity contribution in [3.05, 3.63) is 28.5 Å². The molecule has 2 aromatic heterocycles. The lowest BCUT2D eigenvalue weighted by Crippen LogP contribution is -2.00. The van der Waals surface area contributed by atoms with Crippen molar-refractivity contribution in [2.45, 2.75) is 20.4 Å². The smallest absolute Gasteiger partial charge is 0.210 e. The third kappa shape index (κ3) is 1.56. The van der Waals surface area contributed by atoms with Gasteiger partial charge in [0, 0.05) is 17.6 Å². The molecule has 0 spiro atoms. The Hall–Kier alpha value is -1.20. The van der Waals surface area contributed by atoms with Crippen molar-refractivity contribution in [2.75, 3.05) is 0 Å². The van der Waals surface area contributed by atoms with Gasteiger partial charge in [0.2, 0.25) is 5.13 Å². The Morgan fingerprint density at radius 3 is 2.79 bits per heavy atom. The molecule has 0 saturated heterocycles. The summed E-state index contributed by atoms with van der Waals surface area (Å²) < 4.78 is 1.85. The van der Waals surface area contributed by atoms with Crippen molar-refractivity contribution in [1.29, 1.82) is 0 Å². The number of hydrogen-bond acceptors (Lipinski definition) is 4. The van der Waals surface area contributed by atoms with Gasteiger partial charge in [-0.15, -0.1) is 11.3 Å². The summed E-state index contributed by atoms with van der Waals surface area (Å²) in [4.78, 5) is 4.37. The van der Waals surface area contributed by atoms with Crippen LogP contribution >= 0.6 is 11.3 Å². The van der Waals surface area contributed by atoms with E-state index < -0.39 is 0 Å². The maximum Gasteiger partial charge on any atom is 0.210 e. The van der Waals surface area contributed by atoms with Gasteiger partial charge in [-0.25, -0.2) is 9.67 Å². The third-order valence-electron chi connectivity index (χ3n) is 1.94. The quantitative estimate of drug-likeness (QED) is 0.811. The molecule has 2 rings (SSSR count).